The molecule has 22 heavy (non-hydrogen) atoms. The smallest absolute Gasteiger partial charge is 0.190 e. The van der Waals surface area contributed by atoms with Gasteiger partial charge in [0.2, 0.25) is 0 Å². The first-order chi connectivity index (χ1) is 10.7. The average Bonchev–Trinajstić information content (AvgIpc) is 3.15. The molecule has 3 aromatic rings. The number of aromatic nitrogens is 3. The molecule has 0 aliphatic heterocycles. The highest BCUT2D eigenvalue weighted by Crippen LogP contribution is 2.51. The predicted octanol–water partition coefficient (Wildman–Crippen LogP) is 3.81. The Hall–Kier alpha value is -2.56. The number of anilines is 1. The van der Waals surface area contributed by atoms with Gasteiger partial charge >= 0.3 is 0 Å². The summed E-state index contributed by atoms with van der Waals surface area (Å²) in [7, 11) is 0. The zero-order valence-corrected chi connectivity index (χ0v) is 12.6. The topological polar surface area (TPSA) is 80.7 Å². The first-order valence-corrected chi connectivity index (χ1v) is 7.56. The van der Waals surface area contributed by atoms with Crippen LogP contribution in [0.25, 0.3) is 22.7 Å². The number of H-pyrrole nitrogens is 1. The van der Waals surface area contributed by atoms with Crippen molar-refractivity contribution >= 4 is 5.82 Å². The van der Waals surface area contributed by atoms with Crippen molar-refractivity contribution in [3.63, 3.8) is 0 Å². The van der Waals surface area contributed by atoms with Gasteiger partial charge in [0.15, 0.2) is 11.6 Å². The van der Waals surface area contributed by atoms with Crippen molar-refractivity contribution in [2.75, 3.05) is 5.73 Å². The van der Waals surface area contributed by atoms with Gasteiger partial charge in [-0.1, -0.05) is 49.3 Å². The maximum absolute atomic E-state index is 6.05. The quantitative estimate of drug-likeness (QED) is 0.769. The van der Waals surface area contributed by atoms with E-state index in [0.29, 0.717) is 11.7 Å². The van der Waals surface area contributed by atoms with E-state index in [-0.39, 0.29) is 5.92 Å². The van der Waals surface area contributed by atoms with E-state index in [9.17, 15) is 0 Å². The number of nitrogens with zero attached hydrogens (tertiary/aromatic N) is 2. The lowest BCUT2D eigenvalue weighted by molar-refractivity contribution is 0.434. The number of hydrogen-bond acceptors (Lipinski definition) is 4. The molecule has 3 N–H and O–H groups in total. The second kappa shape index (κ2) is 4.73. The molecule has 1 aliphatic carbocycles. The standard InChI is InChI=1S/C17H18N4O/c1-9(2)8-11-12-14(10-6-4-3-5-7-10)19-20-15(12)16-13(11)17(18)21-22-16/h3-7,9,11H,8H2,1-2H3,(H2,18,21)(H,19,20)/t11-/m0/s1. The van der Waals surface area contributed by atoms with Crippen LogP contribution in [0.1, 0.15) is 37.3 Å². The number of hydrogen-bond donors (Lipinski definition) is 2. The number of rotatable bonds is 3. The summed E-state index contributed by atoms with van der Waals surface area (Å²) in [5.74, 6) is 1.96. The van der Waals surface area contributed by atoms with Gasteiger partial charge in [-0.2, -0.15) is 5.10 Å². The van der Waals surface area contributed by atoms with E-state index < -0.39 is 0 Å². The Kier molecular flexibility index (Phi) is 2.82. The van der Waals surface area contributed by atoms with E-state index in [1.807, 2.05) is 18.2 Å². The summed E-state index contributed by atoms with van der Waals surface area (Å²) < 4.78 is 5.45. The summed E-state index contributed by atoms with van der Waals surface area (Å²) >= 11 is 0. The highest BCUT2D eigenvalue weighted by atomic mass is 16.5. The van der Waals surface area contributed by atoms with Gasteiger partial charge in [0.1, 0.15) is 5.69 Å². The van der Waals surface area contributed by atoms with Crippen LogP contribution < -0.4 is 5.73 Å². The zero-order valence-electron chi connectivity index (χ0n) is 12.6. The fourth-order valence-corrected chi connectivity index (χ4v) is 3.36. The molecular weight excluding hydrogens is 276 g/mol. The molecular formula is C17H18N4O. The second-order valence-corrected chi connectivity index (χ2v) is 6.22. The largest absolute Gasteiger partial charge is 0.381 e. The summed E-state index contributed by atoms with van der Waals surface area (Å²) in [5.41, 5.74) is 11.2. The van der Waals surface area contributed by atoms with Crippen LogP contribution in [0.5, 0.6) is 0 Å². The summed E-state index contributed by atoms with van der Waals surface area (Å²) in [4.78, 5) is 0. The third-order valence-electron chi connectivity index (χ3n) is 4.24. The Morgan fingerprint density at radius 2 is 2.00 bits per heavy atom. The first kappa shape index (κ1) is 13.1. The second-order valence-electron chi connectivity index (χ2n) is 6.22. The summed E-state index contributed by atoms with van der Waals surface area (Å²) in [6.07, 6.45) is 0.991. The predicted molar refractivity (Wildman–Crippen MR) is 85.2 cm³/mol. The van der Waals surface area contributed by atoms with E-state index in [1.165, 1.54) is 5.56 Å². The first-order valence-electron chi connectivity index (χ1n) is 7.56. The fourth-order valence-electron chi connectivity index (χ4n) is 3.36. The third-order valence-corrected chi connectivity index (χ3v) is 4.24. The average molecular weight is 294 g/mol. The maximum atomic E-state index is 6.05. The molecule has 0 radical (unpaired) electrons. The molecule has 112 valence electrons. The number of benzene rings is 1. The molecule has 2 heterocycles. The van der Waals surface area contributed by atoms with Gasteiger partial charge in [0, 0.05) is 17.0 Å². The monoisotopic (exact) mass is 294 g/mol. The molecule has 1 atom stereocenters. The van der Waals surface area contributed by atoms with Crippen LogP contribution in [0, 0.1) is 5.92 Å². The molecule has 0 unspecified atom stereocenters. The van der Waals surface area contributed by atoms with Crippen molar-refractivity contribution in [2.24, 2.45) is 5.92 Å². The van der Waals surface area contributed by atoms with Gasteiger partial charge in [-0.05, 0) is 12.3 Å². The molecule has 0 bridgehead atoms. The van der Waals surface area contributed by atoms with Crippen molar-refractivity contribution < 1.29 is 4.52 Å². The highest BCUT2D eigenvalue weighted by Gasteiger charge is 2.39. The molecule has 0 fully saturated rings. The SMILES string of the molecule is CC(C)C[C@H]1c2c(-c3ccccc3)n[nH]c2-c2onc(N)c21. The molecule has 0 amide bonds. The molecule has 2 aromatic heterocycles. The molecule has 0 spiro atoms. The lowest BCUT2D eigenvalue weighted by Gasteiger charge is -2.15. The maximum Gasteiger partial charge on any atom is 0.190 e. The molecule has 5 nitrogen and oxygen atoms in total. The van der Waals surface area contributed by atoms with Crippen LogP contribution in [0.15, 0.2) is 34.9 Å². The van der Waals surface area contributed by atoms with Crippen LogP contribution in [0.4, 0.5) is 5.82 Å². The number of aromatic amines is 1. The van der Waals surface area contributed by atoms with Gasteiger partial charge in [0.05, 0.1) is 11.3 Å². The van der Waals surface area contributed by atoms with E-state index in [4.69, 9.17) is 10.3 Å². The van der Waals surface area contributed by atoms with Crippen LogP contribution in [0.3, 0.4) is 0 Å². The summed E-state index contributed by atoms with van der Waals surface area (Å²) in [6, 6.07) is 10.2. The number of nitrogen functional groups attached to an aromatic ring is 1. The van der Waals surface area contributed by atoms with Crippen molar-refractivity contribution in [3.8, 4) is 22.7 Å². The summed E-state index contributed by atoms with van der Waals surface area (Å²) in [5, 5.41) is 11.6. The minimum Gasteiger partial charge on any atom is -0.381 e. The number of fused-ring (bicyclic) bond motifs is 3. The van der Waals surface area contributed by atoms with Gasteiger partial charge in [0.25, 0.3) is 0 Å². The minimum atomic E-state index is 0.185. The van der Waals surface area contributed by atoms with Crippen LogP contribution in [0.2, 0.25) is 0 Å². The number of nitrogens with two attached hydrogens (primary N) is 1. The zero-order chi connectivity index (χ0) is 15.3. The summed E-state index contributed by atoms with van der Waals surface area (Å²) in [6.45, 7) is 4.42. The highest BCUT2D eigenvalue weighted by molar-refractivity contribution is 5.82. The van der Waals surface area contributed by atoms with Gasteiger partial charge < -0.3 is 10.3 Å². The van der Waals surface area contributed by atoms with Gasteiger partial charge in [-0.25, -0.2) is 0 Å². The minimum absolute atomic E-state index is 0.185. The molecule has 5 heteroatoms. The van der Waals surface area contributed by atoms with E-state index in [1.54, 1.807) is 0 Å². The van der Waals surface area contributed by atoms with E-state index in [2.05, 4.69) is 41.3 Å². The van der Waals surface area contributed by atoms with E-state index in [0.717, 1.165) is 34.7 Å². The van der Waals surface area contributed by atoms with Crippen LogP contribution in [-0.4, -0.2) is 15.4 Å². The number of nitrogens with one attached hydrogen (secondary N) is 1. The van der Waals surface area contributed by atoms with Crippen molar-refractivity contribution in [2.45, 2.75) is 26.2 Å². The Labute approximate surface area is 128 Å². The van der Waals surface area contributed by atoms with Crippen molar-refractivity contribution in [1.82, 2.24) is 15.4 Å². The fraction of sp³-hybridized carbons (Fsp3) is 0.294. The van der Waals surface area contributed by atoms with Gasteiger partial charge in [-0.3, -0.25) is 5.10 Å². The van der Waals surface area contributed by atoms with Crippen LogP contribution in [-0.2, 0) is 0 Å². The van der Waals surface area contributed by atoms with Crippen molar-refractivity contribution in [3.05, 3.63) is 41.5 Å². The Bertz CT molecular complexity index is 817. The van der Waals surface area contributed by atoms with Gasteiger partial charge in [-0.15, -0.1) is 0 Å². The van der Waals surface area contributed by atoms with Crippen LogP contribution >= 0.6 is 0 Å². The Morgan fingerprint density at radius 3 is 2.73 bits per heavy atom. The van der Waals surface area contributed by atoms with E-state index >= 15 is 0 Å². The lowest BCUT2D eigenvalue weighted by Crippen LogP contribution is -2.04. The Balaban J connectivity index is 1.91. The van der Waals surface area contributed by atoms with Crippen molar-refractivity contribution in [1.29, 1.82) is 0 Å². The molecule has 0 saturated heterocycles. The lowest BCUT2D eigenvalue weighted by atomic mass is 9.87. The Morgan fingerprint density at radius 1 is 1.23 bits per heavy atom. The third kappa shape index (κ3) is 1.78. The normalized spacial score (nSPS) is 16.0. The molecule has 1 aliphatic rings. The molecule has 4 rings (SSSR count). The molecule has 1 aromatic carbocycles. The molecule has 0 saturated carbocycles.